The zero-order valence-electron chi connectivity index (χ0n) is 12.6. The summed E-state index contributed by atoms with van der Waals surface area (Å²) in [5.41, 5.74) is 2.63. The first kappa shape index (κ1) is 14.3. The number of aryl methyl sites for hydroxylation is 2. The average molecular weight is 327 g/mol. The molecule has 4 nitrogen and oxygen atoms in total. The predicted octanol–water partition coefficient (Wildman–Crippen LogP) is 4.11. The molecule has 0 aliphatic heterocycles. The highest BCUT2D eigenvalue weighted by Gasteiger charge is 2.19. The third kappa shape index (κ3) is 2.61. The van der Waals surface area contributed by atoms with E-state index in [4.69, 9.17) is 4.42 Å². The van der Waals surface area contributed by atoms with Crippen molar-refractivity contribution in [2.45, 2.75) is 30.6 Å². The highest BCUT2D eigenvalue weighted by atomic mass is 32.2. The molecule has 5 heteroatoms. The van der Waals surface area contributed by atoms with E-state index in [1.165, 1.54) is 5.56 Å². The Morgan fingerprint density at radius 1 is 0.957 bits per heavy atom. The summed E-state index contributed by atoms with van der Waals surface area (Å²) < 4.78 is 33.4. The molecule has 4 rings (SSSR count). The molecule has 0 atom stereocenters. The van der Waals surface area contributed by atoms with Crippen LogP contribution in [0.3, 0.4) is 0 Å². The second-order valence-electron chi connectivity index (χ2n) is 5.84. The number of furan rings is 1. The minimum Gasteiger partial charge on any atom is -0.461 e. The maximum Gasteiger partial charge on any atom is 0.261 e. The van der Waals surface area contributed by atoms with Gasteiger partial charge in [-0.15, -0.1) is 0 Å². The van der Waals surface area contributed by atoms with Gasteiger partial charge in [0.05, 0.1) is 4.90 Å². The number of hydrogen-bond donors (Lipinski definition) is 1. The van der Waals surface area contributed by atoms with Crippen molar-refractivity contribution in [2.75, 3.05) is 4.72 Å². The molecule has 0 unspecified atom stereocenters. The molecule has 1 N–H and O–H groups in total. The second-order valence-corrected chi connectivity index (χ2v) is 7.52. The van der Waals surface area contributed by atoms with Gasteiger partial charge < -0.3 is 4.42 Å². The van der Waals surface area contributed by atoms with Crippen molar-refractivity contribution in [3.8, 4) is 0 Å². The summed E-state index contributed by atoms with van der Waals surface area (Å²) in [5.74, 6) is 1.05. The van der Waals surface area contributed by atoms with Crippen molar-refractivity contribution in [2.24, 2.45) is 0 Å². The number of benzene rings is 2. The lowest BCUT2D eigenvalue weighted by atomic mass is 9.96. The number of nitrogens with one attached hydrogen (secondary N) is 1. The van der Waals surface area contributed by atoms with E-state index in [9.17, 15) is 8.42 Å². The summed E-state index contributed by atoms with van der Waals surface area (Å²) in [7, 11) is -3.57. The van der Waals surface area contributed by atoms with E-state index in [1.54, 1.807) is 36.4 Å². The highest BCUT2D eigenvalue weighted by molar-refractivity contribution is 7.92. The third-order valence-electron chi connectivity index (χ3n) is 4.26. The van der Waals surface area contributed by atoms with E-state index in [0.29, 0.717) is 5.69 Å². The largest absolute Gasteiger partial charge is 0.461 e. The van der Waals surface area contributed by atoms with Crippen LogP contribution in [0, 0.1) is 0 Å². The molecule has 23 heavy (non-hydrogen) atoms. The predicted molar refractivity (Wildman–Crippen MR) is 90.1 cm³/mol. The first-order chi connectivity index (χ1) is 11.1. The van der Waals surface area contributed by atoms with Gasteiger partial charge in [-0.2, -0.15) is 0 Å². The summed E-state index contributed by atoms with van der Waals surface area (Å²) in [6.45, 7) is 0. The summed E-state index contributed by atoms with van der Waals surface area (Å²) in [6, 6.07) is 13.9. The highest BCUT2D eigenvalue weighted by Crippen LogP contribution is 2.33. The molecule has 0 amide bonds. The van der Waals surface area contributed by atoms with Crippen molar-refractivity contribution in [3.05, 3.63) is 59.9 Å². The molecule has 3 aromatic rings. The molecule has 0 saturated heterocycles. The minimum atomic E-state index is -3.57. The van der Waals surface area contributed by atoms with Crippen molar-refractivity contribution in [3.63, 3.8) is 0 Å². The fourth-order valence-electron chi connectivity index (χ4n) is 3.14. The summed E-state index contributed by atoms with van der Waals surface area (Å²) in [4.78, 5) is 0.259. The van der Waals surface area contributed by atoms with Gasteiger partial charge in [-0.05, 0) is 49.6 Å². The van der Waals surface area contributed by atoms with Crippen molar-refractivity contribution >= 4 is 26.7 Å². The molecule has 1 heterocycles. The van der Waals surface area contributed by atoms with Crippen LogP contribution in [0.25, 0.3) is 11.0 Å². The van der Waals surface area contributed by atoms with E-state index in [2.05, 4.69) is 4.72 Å². The second kappa shape index (κ2) is 5.42. The van der Waals surface area contributed by atoms with Gasteiger partial charge in [0, 0.05) is 23.1 Å². The Hall–Kier alpha value is -2.27. The number of fused-ring (bicyclic) bond motifs is 3. The molecule has 0 fully saturated rings. The van der Waals surface area contributed by atoms with Crippen molar-refractivity contribution < 1.29 is 12.8 Å². The number of anilines is 1. The van der Waals surface area contributed by atoms with Crippen LogP contribution in [0.5, 0.6) is 0 Å². The monoisotopic (exact) mass is 327 g/mol. The number of hydrogen-bond acceptors (Lipinski definition) is 3. The topological polar surface area (TPSA) is 59.3 Å². The molecular formula is C18H17NO3S. The molecule has 1 aliphatic carbocycles. The summed E-state index contributed by atoms with van der Waals surface area (Å²) >= 11 is 0. The molecule has 1 aliphatic rings. The molecule has 0 spiro atoms. The van der Waals surface area contributed by atoms with E-state index in [0.717, 1.165) is 42.4 Å². The van der Waals surface area contributed by atoms with Crippen LogP contribution in [0.15, 0.2) is 57.8 Å². The Morgan fingerprint density at radius 3 is 2.57 bits per heavy atom. The van der Waals surface area contributed by atoms with E-state index < -0.39 is 10.0 Å². The first-order valence-electron chi connectivity index (χ1n) is 7.76. The van der Waals surface area contributed by atoms with Crippen LogP contribution in [-0.2, 0) is 22.9 Å². The quantitative estimate of drug-likeness (QED) is 0.787. The number of rotatable bonds is 3. The zero-order valence-corrected chi connectivity index (χ0v) is 13.4. The maximum absolute atomic E-state index is 12.4. The maximum atomic E-state index is 12.4. The Balaban J connectivity index is 1.72. The molecule has 0 saturated carbocycles. The van der Waals surface area contributed by atoms with Crippen LogP contribution in [0.4, 0.5) is 5.69 Å². The Morgan fingerprint density at radius 2 is 1.74 bits per heavy atom. The Bertz CT molecular complexity index is 959. The standard InChI is InChI=1S/C18H17NO3S/c20-23(21,14-6-2-1-3-7-14)19-13-10-11-18-16(12-13)15-8-4-5-9-17(15)22-18/h1-3,6-7,10-12,19H,4-5,8-9H2. The molecule has 118 valence electrons. The average Bonchev–Trinajstić information content (AvgIpc) is 2.93. The van der Waals surface area contributed by atoms with Gasteiger partial charge >= 0.3 is 0 Å². The normalized spacial score (nSPS) is 14.6. The summed E-state index contributed by atoms with van der Waals surface area (Å²) in [6.07, 6.45) is 4.27. The Kier molecular flexibility index (Phi) is 3.38. The van der Waals surface area contributed by atoms with E-state index >= 15 is 0 Å². The zero-order chi connectivity index (χ0) is 15.9. The SMILES string of the molecule is O=S(=O)(Nc1ccc2oc3c(c2c1)CCCC3)c1ccccc1. The van der Waals surface area contributed by atoms with Gasteiger partial charge in [-0.25, -0.2) is 8.42 Å². The molecule has 2 aromatic carbocycles. The van der Waals surface area contributed by atoms with Gasteiger partial charge in [0.2, 0.25) is 0 Å². The first-order valence-corrected chi connectivity index (χ1v) is 9.24. The lowest BCUT2D eigenvalue weighted by molar-refractivity contribution is 0.506. The molecular weight excluding hydrogens is 310 g/mol. The van der Waals surface area contributed by atoms with Crippen LogP contribution in [-0.4, -0.2) is 8.42 Å². The lowest BCUT2D eigenvalue weighted by Gasteiger charge is -2.10. The van der Waals surface area contributed by atoms with Crippen molar-refractivity contribution in [1.29, 1.82) is 0 Å². The van der Waals surface area contributed by atoms with Crippen LogP contribution in [0.2, 0.25) is 0 Å². The fourth-order valence-corrected chi connectivity index (χ4v) is 4.21. The van der Waals surface area contributed by atoms with Gasteiger partial charge in [0.1, 0.15) is 11.3 Å². The molecule has 0 radical (unpaired) electrons. The van der Waals surface area contributed by atoms with Gasteiger partial charge in [0.15, 0.2) is 0 Å². The molecule has 0 bridgehead atoms. The summed E-state index contributed by atoms with van der Waals surface area (Å²) in [5, 5.41) is 1.02. The molecule has 1 aromatic heterocycles. The van der Waals surface area contributed by atoms with Crippen LogP contribution < -0.4 is 4.72 Å². The van der Waals surface area contributed by atoms with Crippen LogP contribution >= 0.6 is 0 Å². The lowest BCUT2D eigenvalue weighted by Crippen LogP contribution is -2.12. The van der Waals surface area contributed by atoms with Gasteiger partial charge in [0.25, 0.3) is 10.0 Å². The third-order valence-corrected chi connectivity index (χ3v) is 5.66. The van der Waals surface area contributed by atoms with E-state index in [-0.39, 0.29) is 4.90 Å². The van der Waals surface area contributed by atoms with Gasteiger partial charge in [-0.1, -0.05) is 18.2 Å². The van der Waals surface area contributed by atoms with Crippen LogP contribution in [0.1, 0.15) is 24.2 Å². The van der Waals surface area contributed by atoms with Gasteiger partial charge in [-0.3, -0.25) is 4.72 Å². The van der Waals surface area contributed by atoms with Crippen molar-refractivity contribution in [1.82, 2.24) is 0 Å². The van der Waals surface area contributed by atoms with E-state index in [1.807, 2.05) is 12.1 Å². The smallest absolute Gasteiger partial charge is 0.261 e. The fraction of sp³-hybridized carbons (Fsp3) is 0.222. The Labute approximate surface area is 135 Å². The minimum absolute atomic E-state index is 0.259. The number of sulfonamides is 1.